The van der Waals surface area contributed by atoms with Gasteiger partial charge in [0.2, 0.25) is 0 Å². The van der Waals surface area contributed by atoms with E-state index in [1.54, 1.807) is 30.3 Å². The molecule has 3 aromatic rings. The fraction of sp³-hybridized carbons (Fsp3) is 0.185. The van der Waals surface area contributed by atoms with Gasteiger partial charge in [-0.25, -0.2) is 4.79 Å². The number of halogens is 1. The summed E-state index contributed by atoms with van der Waals surface area (Å²) in [5.41, 5.74) is 3.30. The minimum absolute atomic E-state index is 0.0195. The summed E-state index contributed by atoms with van der Waals surface area (Å²) in [5.74, 6) is 0.419. The third-order valence-corrected chi connectivity index (χ3v) is 6.29. The Morgan fingerprint density at radius 1 is 1.03 bits per heavy atom. The molecule has 0 unspecified atom stereocenters. The van der Waals surface area contributed by atoms with E-state index in [9.17, 15) is 19.7 Å². The fourth-order valence-electron chi connectivity index (χ4n) is 3.71. The third kappa shape index (κ3) is 6.15. The number of non-ortho nitro benzene ring substituents is 1. The molecule has 1 heterocycles. The van der Waals surface area contributed by atoms with Crippen LogP contribution in [0, 0.1) is 17.0 Å². The van der Waals surface area contributed by atoms with E-state index in [1.807, 2.05) is 38.1 Å². The van der Waals surface area contributed by atoms with Crippen molar-refractivity contribution in [3.05, 3.63) is 103 Å². The number of aryl methyl sites for hydroxylation is 1. The Bertz CT molecular complexity index is 1390. The molecule has 3 aromatic carbocycles. The maximum absolute atomic E-state index is 13.0. The van der Waals surface area contributed by atoms with E-state index >= 15 is 0 Å². The number of amides is 3. The zero-order chi connectivity index (χ0) is 26.5. The molecule has 0 radical (unpaired) electrons. The molecule has 0 aromatic heterocycles. The van der Waals surface area contributed by atoms with Crippen molar-refractivity contribution in [3.63, 3.8) is 0 Å². The molecule has 0 bridgehead atoms. The molecule has 1 saturated heterocycles. The lowest BCUT2D eigenvalue weighted by atomic mass is 10.1. The number of urea groups is 1. The number of imide groups is 1. The highest BCUT2D eigenvalue weighted by atomic mass is 79.9. The average Bonchev–Trinajstić information content (AvgIpc) is 3.13. The third-order valence-electron chi connectivity index (χ3n) is 5.60. The van der Waals surface area contributed by atoms with Crippen molar-refractivity contribution in [2.24, 2.45) is 0 Å². The van der Waals surface area contributed by atoms with Crippen LogP contribution in [0.4, 0.5) is 10.5 Å². The molecule has 1 fully saturated rings. The molecule has 37 heavy (non-hydrogen) atoms. The number of nitro groups is 1. The summed E-state index contributed by atoms with van der Waals surface area (Å²) in [6.45, 7) is 4.42. The summed E-state index contributed by atoms with van der Waals surface area (Å²) < 4.78 is 12.3. The van der Waals surface area contributed by atoms with E-state index in [2.05, 4.69) is 21.2 Å². The van der Waals surface area contributed by atoms with Gasteiger partial charge < -0.3 is 14.8 Å². The zero-order valence-corrected chi connectivity index (χ0v) is 21.8. The van der Waals surface area contributed by atoms with Crippen LogP contribution in [0.1, 0.15) is 29.2 Å². The summed E-state index contributed by atoms with van der Waals surface area (Å²) >= 11 is 3.50. The Morgan fingerprint density at radius 2 is 1.76 bits per heavy atom. The highest BCUT2D eigenvalue weighted by molar-refractivity contribution is 9.10. The largest absolute Gasteiger partial charge is 0.490 e. The lowest BCUT2D eigenvalue weighted by Gasteiger charge is -2.14. The number of rotatable bonds is 9. The Labute approximate surface area is 222 Å². The molecule has 0 atom stereocenters. The lowest BCUT2D eigenvalue weighted by Crippen LogP contribution is -2.30. The summed E-state index contributed by atoms with van der Waals surface area (Å²) in [6.07, 6.45) is 1.58. The van der Waals surface area contributed by atoms with E-state index < -0.39 is 16.9 Å². The number of carbonyl (C=O) groups excluding carboxylic acids is 2. The van der Waals surface area contributed by atoms with Gasteiger partial charge >= 0.3 is 6.03 Å². The fourth-order valence-corrected chi connectivity index (χ4v) is 4.15. The summed E-state index contributed by atoms with van der Waals surface area (Å²) in [6, 6.07) is 16.7. The first kappa shape index (κ1) is 25.9. The van der Waals surface area contributed by atoms with Crippen LogP contribution in [0.5, 0.6) is 11.5 Å². The van der Waals surface area contributed by atoms with E-state index in [0.717, 1.165) is 16.0 Å². The van der Waals surface area contributed by atoms with Gasteiger partial charge in [-0.3, -0.25) is 19.8 Å². The van der Waals surface area contributed by atoms with Crippen molar-refractivity contribution in [1.82, 2.24) is 10.2 Å². The second kappa shape index (κ2) is 11.3. The monoisotopic (exact) mass is 565 g/mol. The molecular formula is C27H24BrN3O6. The number of ether oxygens (including phenoxy) is 2. The van der Waals surface area contributed by atoms with Crippen molar-refractivity contribution in [1.29, 1.82) is 0 Å². The first-order valence-electron chi connectivity index (χ1n) is 11.5. The first-order valence-corrected chi connectivity index (χ1v) is 12.3. The number of hydrogen-bond acceptors (Lipinski definition) is 6. The standard InChI is InChI=1S/C27H24BrN3O6/c1-3-36-24-13-20(22(28)14-25(24)37-16-19-5-4-6-21(11-19)31(34)35)12-23-26(32)30(27(33)29-23)15-18-9-7-17(2)8-10-18/h4-14H,3,15-16H2,1-2H3,(H,29,33)/b23-12+. The molecule has 4 rings (SSSR count). The predicted molar refractivity (Wildman–Crippen MR) is 141 cm³/mol. The Hall–Kier alpha value is -4.18. The smallest absolute Gasteiger partial charge is 0.329 e. The number of benzene rings is 3. The SMILES string of the molecule is CCOc1cc(/C=C2/NC(=O)N(Cc3ccc(C)cc3)C2=O)c(Br)cc1OCc1cccc([N+](=O)[O-])c1. The lowest BCUT2D eigenvalue weighted by molar-refractivity contribution is -0.384. The molecular weight excluding hydrogens is 542 g/mol. The Kier molecular flexibility index (Phi) is 7.88. The van der Waals surface area contributed by atoms with Gasteiger partial charge in [0.05, 0.1) is 18.1 Å². The molecule has 0 spiro atoms. The van der Waals surface area contributed by atoms with Crippen molar-refractivity contribution in [3.8, 4) is 11.5 Å². The summed E-state index contributed by atoms with van der Waals surface area (Å²) in [7, 11) is 0. The molecule has 3 amide bonds. The van der Waals surface area contributed by atoms with Gasteiger partial charge in [0.25, 0.3) is 11.6 Å². The van der Waals surface area contributed by atoms with Gasteiger partial charge in [-0.1, -0.05) is 57.9 Å². The number of hydrogen-bond donors (Lipinski definition) is 1. The van der Waals surface area contributed by atoms with Crippen LogP contribution in [-0.2, 0) is 17.9 Å². The van der Waals surface area contributed by atoms with Crippen LogP contribution in [-0.4, -0.2) is 28.4 Å². The topological polar surface area (TPSA) is 111 Å². The summed E-state index contributed by atoms with van der Waals surface area (Å²) in [5, 5.41) is 13.7. The average molecular weight is 566 g/mol. The molecule has 1 aliphatic rings. The maximum atomic E-state index is 13.0. The number of carbonyl (C=O) groups is 2. The van der Waals surface area contributed by atoms with Crippen molar-refractivity contribution < 1.29 is 24.0 Å². The predicted octanol–water partition coefficient (Wildman–Crippen LogP) is 5.74. The highest BCUT2D eigenvalue weighted by Crippen LogP contribution is 2.36. The van der Waals surface area contributed by atoms with Crippen LogP contribution < -0.4 is 14.8 Å². The number of nitrogens with one attached hydrogen (secondary N) is 1. The second-order valence-corrected chi connectivity index (χ2v) is 9.19. The minimum atomic E-state index is -0.491. The molecule has 1 N–H and O–H groups in total. The van der Waals surface area contributed by atoms with Gasteiger partial charge in [-0.15, -0.1) is 0 Å². The van der Waals surface area contributed by atoms with Crippen LogP contribution in [0.15, 0.2) is 70.8 Å². The Balaban J connectivity index is 1.54. The second-order valence-electron chi connectivity index (χ2n) is 8.33. The normalized spacial score (nSPS) is 14.1. The summed E-state index contributed by atoms with van der Waals surface area (Å²) in [4.78, 5) is 37.2. The number of nitrogens with zero attached hydrogens (tertiary/aromatic N) is 2. The van der Waals surface area contributed by atoms with Gasteiger partial charge in [0, 0.05) is 16.6 Å². The molecule has 10 heteroatoms. The zero-order valence-electron chi connectivity index (χ0n) is 20.2. The van der Waals surface area contributed by atoms with E-state index in [1.165, 1.54) is 12.1 Å². The van der Waals surface area contributed by atoms with E-state index in [-0.39, 0.29) is 24.5 Å². The van der Waals surface area contributed by atoms with Crippen LogP contribution in [0.25, 0.3) is 6.08 Å². The van der Waals surface area contributed by atoms with E-state index in [4.69, 9.17) is 9.47 Å². The minimum Gasteiger partial charge on any atom is -0.490 e. The van der Waals surface area contributed by atoms with E-state index in [0.29, 0.717) is 33.7 Å². The maximum Gasteiger partial charge on any atom is 0.329 e. The molecule has 9 nitrogen and oxygen atoms in total. The van der Waals surface area contributed by atoms with Crippen LogP contribution >= 0.6 is 15.9 Å². The Morgan fingerprint density at radius 3 is 2.46 bits per heavy atom. The van der Waals surface area contributed by atoms with Crippen LogP contribution in [0.2, 0.25) is 0 Å². The van der Waals surface area contributed by atoms with Crippen LogP contribution in [0.3, 0.4) is 0 Å². The van der Waals surface area contributed by atoms with Gasteiger partial charge in [-0.05, 0) is 48.7 Å². The van der Waals surface area contributed by atoms with Gasteiger partial charge in [0.15, 0.2) is 11.5 Å². The number of nitro benzene ring substituents is 1. The highest BCUT2D eigenvalue weighted by Gasteiger charge is 2.33. The molecule has 190 valence electrons. The first-order chi connectivity index (χ1) is 17.7. The van der Waals surface area contributed by atoms with Crippen molar-refractivity contribution >= 4 is 39.6 Å². The molecule has 0 aliphatic carbocycles. The van der Waals surface area contributed by atoms with Crippen molar-refractivity contribution in [2.45, 2.75) is 27.0 Å². The molecule has 1 aliphatic heterocycles. The van der Waals surface area contributed by atoms with Gasteiger partial charge in [0.1, 0.15) is 12.3 Å². The molecule has 0 saturated carbocycles. The van der Waals surface area contributed by atoms with Crippen molar-refractivity contribution in [2.75, 3.05) is 6.61 Å². The quantitative estimate of drug-likeness (QED) is 0.153. The van der Waals surface area contributed by atoms with Gasteiger partial charge in [-0.2, -0.15) is 0 Å².